The minimum Gasteiger partial charge on any atom is -0.327 e. The first-order valence-corrected chi connectivity index (χ1v) is 6.67. The fraction of sp³-hybridized carbons (Fsp3) is 0.692. The Bertz CT molecular complexity index is 340. The Morgan fingerprint density at radius 2 is 2.20 bits per heavy atom. The molecular formula is C13H21NS. The molecule has 0 aromatic carbocycles. The van der Waals surface area contributed by atoms with E-state index in [0.717, 1.165) is 0 Å². The molecule has 1 nitrogen and oxygen atoms in total. The topological polar surface area (TPSA) is 26.0 Å². The van der Waals surface area contributed by atoms with E-state index in [1.54, 1.807) is 0 Å². The third-order valence-electron chi connectivity index (χ3n) is 3.68. The molecule has 2 unspecified atom stereocenters. The predicted molar refractivity (Wildman–Crippen MR) is 67.4 cm³/mol. The van der Waals surface area contributed by atoms with Gasteiger partial charge in [0.25, 0.3) is 0 Å². The maximum Gasteiger partial charge on any atom is 0.0121 e. The van der Waals surface area contributed by atoms with Crippen LogP contribution in [0.2, 0.25) is 0 Å². The molecule has 0 saturated heterocycles. The summed E-state index contributed by atoms with van der Waals surface area (Å²) in [4.78, 5) is 1.52. The van der Waals surface area contributed by atoms with Crippen LogP contribution in [0.25, 0.3) is 0 Å². The zero-order valence-electron chi connectivity index (χ0n) is 9.92. The van der Waals surface area contributed by atoms with E-state index in [1.807, 2.05) is 11.3 Å². The molecule has 84 valence electrons. The molecule has 1 aliphatic carbocycles. The van der Waals surface area contributed by atoms with Gasteiger partial charge >= 0.3 is 0 Å². The first-order valence-electron chi connectivity index (χ1n) is 5.79. The van der Waals surface area contributed by atoms with Crippen LogP contribution in [-0.2, 0) is 0 Å². The Balaban J connectivity index is 2.24. The highest BCUT2D eigenvalue weighted by Crippen LogP contribution is 2.44. The van der Waals surface area contributed by atoms with Crippen molar-refractivity contribution in [1.29, 1.82) is 0 Å². The summed E-state index contributed by atoms with van der Waals surface area (Å²) >= 11 is 1.88. The van der Waals surface area contributed by atoms with Gasteiger partial charge in [0, 0.05) is 16.8 Å². The lowest BCUT2D eigenvalue weighted by molar-refractivity contribution is 0.200. The molecule has 1 heterocycles. The summed E-state index contributed by atoms with van der Waals surface area (Å²) in [6, 6.07) is 2.59. The van der Waals surface area contributed by atoms with E-state index in [1.165, 1.54) is 29.7 Å². The van der Waals surface area contributed by atoms with Crippen LogP contribution in [0.3, 0.4) is 0 Å². The van der Waals surface area contributed by atoms with Crippen molar-refractivity contribution < 1.29 is 0 Å². The van der Waals surface area contributed by atoms with E-state index >= 15 is 0 Å². The summed E-state index contributed by atoms with van der Waals surface area (Å²) in [5.41, 5.74) is 8.16. The Morgan fingerprint density at radius 3 is 2.80 bits per heavy atom. The molecule has 1 saturated carbocycles. The highest BCUT2D eigenvalue weighted by Gasteiger charge is 2.34. The summed E-state index contributed by atoms with van der Waals surface area (Å²) in [6.07, 6.45) is 3.69. The number of hydrogen-bond acceptors (Lipinski definition) is 2. The standard InChI is InChI=1S/C13H21NS/c1-9-5-7-15-12(9)10-8-13(2,3)6-4-11(10)14/h5,7,10-11H,4,6,8,14H2,1-3H3. The van der Waals surface area contributed by atoms with Gasteiger partial charge in [-0.1, -0.05) is 13.8 Å². The Morgan fingerprint density at radius 1 is 1.47 bits per heavy atom. The molecule has 0 amide bonds. The van der Waals surface area contributed by atoms with Crippen molar-refractivity contribution in [3.05, 3.63) is 21.9 Å². The third-order valence-corrected chi connectivity index (χ3v) is 4.83. The van der Waals surface area contributed by atoms with Gasteiger partial charge in [-0.05, 0) is 48.6 Å². The Labute approximate surface area is 96.7 Å². The smallest absolute Gasteiger partial charge is 0.0121 e. The zero-order chi connectivity index (χ0) is 11.1. The van der Waals surface area contributed by atoms with Gasteiger partial charge in [-0.2, -0.15) is 0 Å². The van der Waals surface area contributed by atoms with Crippen molar-refractivity contribution in [1.82, 2.24) is 0 Å². The SMILES string of the molecule is Cc1ccsc1C1CC(C)(C)CCC1N. The average molecular weight is 223 g/mol. The van der Waals surface area contributed by atoms with Crippen LogP contribution in [0.1, 0.15) is 49.5 Å². The van der Waals surface area contributed by atoms with Gasteiger partial charge in [0.05, 0.1) is 0 Å². The van der Waals surface area contributed by atoms with Crippen LogP contribution in [0, 0.1) is 12.3 Å². The van der Waals surface area contributed by atoms with Crippen molar-refractivity contribution in [2.45, 2.75) is 52.0 Å². The van der Waals surface area contributed by atoms with E-state index in [-0.39, 0.29) is 0 Å². The van der Waals surface area contributed by atoms with Crippen LogP contribution in [0.15, 0.2) is 11.4 Å². The Kier molecular flexibility index (Phi) is 2.91. The van der Waals surface area contributed by atoms with Crippen LogP contribution in [-0.4, -0.2) is 6.04 Å². The summed E-state index contributed by atoms with van der Waals surface area (Å²) in [6.45, 7) is 6.95. The molecule has 1 fully saturated rings. The van der Waals surface area contributed by atoms with Gasteiger partial charge in [0.15, 0.2) is 0 Å². The fourth-order valence-corrected chi connectivity index (χ4v) is 3.76. The molecule has 15 heavy (non-hydrogen) atoms. The molecule has 2 atom stereocenters. The highest BCUT2D eigenvalue weighted by molar-refractivity contribution is 7.10. The largest absolute Gasteiger partial charge is 0.327 e. The van der Waals surface area contributed by atoms with Crippen molar-refractivity contribution >= 4 is 11.3 Å². The van der Waals surface area contributed by atoms with Crippen LogP contribution >= 0.6 is 11.3 Å². The quantitative estimate of drug-likeness (QED) is 0.772. The summed E-state index contributed by atoms with van der Waals surface area (Å²) < 4.78 is 0. The van der Waals surface area contributed by atoms with Crippen molar-refractivity contribution in [2.24, 2.45) is 11.1 Å². The van der Waals surface area contributed by atoms with Gasteiger partial charge in [0.2, 0.25) is 0 Å². The molecule has 0 aliphatic heterocycles. The minimum atomic E-state index is 0.371. The van der Waals surface area contributed by atoms with Crippen molar-refractivity contribution in [3.63, 3.8) is 0 Å². The zero-order valence-corrected chi connectivity index (χ0v) is 10.7. The first-order chi connectivity index (χ1) is 6.99. The van der Waals surface area contributed by atoms with Gasteiger partial charge in [-0.3, -0.25) is 0 Å². The number of hydrogen-bond donors (Lipinski definition) is 1. The number of rotatable bonds is 1. The first kappa shape index (κ1) is 11.2. The molecule has 1 aromatic rings. The van der Waals surface area contributed by atoms with E-state index in [9.17, 15) is 0 Å². The molecule has 2 N–H and O–H groups in total. The molecule has 0 radical (unpaired) electrons. The maximum absolute atomic E-state index is 6.27. The minimum absolute atomic E-state index is 0.371. The highest BCUT2D eigenvalue weighted by atomic mass is 32.1. The van der Waals surface area contributed by atoms with Gasteiger partial charge in [-0.25, -0.2) is 0 Å². The van der Waals surface area contributed by atoms with Crippen LogP contribution in [0.5, 0.6) is 0 Å². The second kappa shape index (κ2) is 3.91. The van der Waals surface area contributed by atoms with Gasteiger partial charge in [-0.15, -0.1) is 11.3 Å². The lowest BCUT2D eigenvalue weighted by atomic mass is 9.69. The van der Waals surface area contributed by atoms with Crippen LogP contribution in [0.4, 0.5) is 0 Å². The van der Waals surface area contributed by atoms with E-state index in [4.69, 9.17) is 5.73 Å². The molecule has 1 aromatic heterocycles. The summed E-state index contributed by atoms with van der Waals surface area (Å²) in [5.74, 6) is 0.591. The van der Waals surface area contributed by atoms with Gasteiger partial charge < -0.3 is 5.73 Å². The van der Waals surface area contributed by atoms with Crippen LogP contribution < -0.4 is 5.73 Å². The van der Waals surface area contributed by atoms with Gasteiger partial charge in [0.1, 0.15) is 0 Å². The van der Waals surface area contributed by atoms with Crippen molar-refractivity contribution in [3.8, 4) is 0 Å². The molecular weight excluding hydrogens is 202 g/mol. The molecule has 0 bridgehead atoms. The molecule has 2 heteroatoms. The van der Waals surface area contributed by atoms with Crippen molar-refractivity contribution in [2.75, 3.05) is 0 Å². The second-order valence-electron chi connectivity index (χ2n) is 5.65. The fourth-order valence-electron chi connectivity index (χ4n) is 2.66. The average Bonchev–Trinajstić information content (AvgIpc) is 2.56. The van der Waals surface area contributed by atoms with E-state index < -0.39 is 0 Å². The molecule has 0 spiro atoms. The normalized spacial score (nSPS) is 30.4. The predicted octanol–water partition coefficient (Wildman–Crippen LogP) is 3.68. The summed E-state index contributed by atoms with van der Waals surface area (Å²) in [7, 11) is 0. The lowest BCUT2D eigenvalue weighted by Gasteiger charge is -2.39. The lowest BCUT2D eigenvalue weighted by Crippen LogP contribution is -2.37. The number of nitrogens with two attached hydrogens (primary N) is 1. The summed E-state index contributed by atoms with van der Waals surface area (Å²) in [5, 5.41) is 2.19. The third kappa shape index (κ3) is 2.26. The second-order valence-corrected chi connectivity index (χ2v) is 6.59. The number of aryl methyl sites for hydroxylation is 1. The number of thiophene rings is 1. The Hall–Kier alpha value is -0.340. The van der Waals surface area contributed by atoms with E-state index in [2.05, 4.69) is 32.2 Å². The monoisotopic (exact) mass is 223 g/mol. The molecule has 2 rings (SSSR count). The van der Waals surface area contributed by atoms with E-state index in [0.29, 0.717) is 17.4 Å². The molecule has 1 aliphatic rings. The maximum atomic E-state index is 6.27.